The van der Waals surface area contributed by atoms with Gasteiger partial charge in [-0.2, -0.15) is 11.8 Å². The summed E-state index contributed by atoms with van der Waals surface area (Å²) in [6.45, 7) is 2.28. The van der Waals surface area contributed by atoms with Crippen molar-refractivity contribution in [2.24, 2.45) is 0 Å². The molecule has 1 aliphatic carbocycles. The lowest BCUT2D eigenvalue weighted by Gasteiger charge is -2.26. The van der Waals surface area contributed by atoms with Crippen LogP contribution in [0.1, 0.15) is 49.8 Å². The van der Waals surface area contributed by atoms with Gasteiger partial charge in [0.15, 0.2) is 0 Å². The highest BCUT2D eigenvalue weighted by Crippen LogP contribution is 2.35. The highest BCUT2D eigenvalue weighted by Gasteiger charge is 2.26. The minimum absolute atomic E-state index is 0.533. The van der Waals surface area contributed by atoms with Gasteiger partial charge in [0.2, 0.25) is 0 Å². The van der Waals surface area contributed by atoms with Crippen molar-refractivity contribution in [1.29, 1.82) is 0 Å². The molecule has 1 aliphatic rings. The molecule has 0 aliphatic heterocycles. The predicted molar refractivity (Wildman–Crippen MR) is 82.3 cm³/mol. The molecule has 0 spiro atoms. The quantitative estimate of drug-likeness (QED) is 0.631. The maximum atomic E-state index is 3.56. The Kier molecular flexibility index (Phi) is 5.58. The van der Waals surface area contributed by atoms with Gasteiger partial charge in [-0.3, -0.25) is 0 Å². The summed E-state index contributed by atoms with van der Waals surface area (Å²) in [5.74, 6) is 1.31. The Morgan fingerprint density at radius 3 is 2.94 bits per heavy atom. The second-order valence-electron chi connectivity index (χ2n) is 5.12. The molecule has 100 valence electrons. The summed E-state index contributed by atoms with van der Waals surface area (Å²) >= 11 is 2.17. The number of hydrogen-bond donors (Lipinski definition) is 1. The molecular formula is C16H25NS. The second-order valence-corrected chi connectivity index (χ2v) is 6.47. The van der Waals surface area contributed by atoms with Crippen molar-refractivity contribution in [1.82, 2.24) is 5.32 Å². The summed E-state index contributed by atoms with van der Waals surface area (Å²) in [5, 5.41) is 4.30. The molecule has 0 fully saturated rings. The molecule has 1 N–H and O–H groups in total. The maximum Gasteiger partial charge on any atom is 0.0440 e. The molecule has 2 heteroatoms. The number of benzene rings is 1. The fourth-order valence-corrected chi connectivity index (χ4v) is 4.39. The number of aryl methyl sites for hydroxylation is 1. The van der Waals surface area contributed by atoms with Gasteiger partial charge in [-0.15, -0.1) is 0 Å². The van der Waals surface area contributed by atoms with E-state index in [9.17, 15) is 0 Å². The van der Waals surface area contributed by atoms with Crippen molar-refractivity contribution in [2.75, 3.05) is 12.8 Å². The number of fused-ring (bicyclic) bond motifs is 1. The van der Waals surface area contributed by atoms with Crippen LogP contribution in [0.3, 0.4) is 0 Å². The van der Waals surface area contributed by atoms with Crippen LogP contribution in [0.2, 0.25) is 0 Å². The first-order valence-corrected chi connectivity index (χ1v) is 8.28. The van der Waals surface area contributed by atoms with Crippen molar-refractivity contribution >= 4 is 11.8 Å². The molecule has 2 atom stereocenters. The summed E-state index contributed by atoms with van der Waals surface area (Å²) < 4.78 is 0. The van der Waals surface area contributed by atoms with Gasteiger partial charge >= 0.3 is 0 Å². The van der Waals surface area contributed by atoms with E-state index < -0.39 is 0 Å². The Balaban J connectivity index is 2.12. The van der Waals surface area contributed by atoms with Crippen molar-refractivity contribution in [2.45, 2.75) is 50.3 Å². The third kappa shape index (κ3) is 3.30. The smallest absolute Gasteiger partial charge is 0.0440 e. The molecule has 0 saturated carbocycles. The van der Waals surface area contributed by atoms with Gasteiger partial charge in [-0.1, -0.05) is 37.6 Å². The molecule has 0 heterocycles. The monoisotopic (exact) mass is 263 g/mol. The molecule has 2 unspecified atom stereocenters. The lowest BCUT2D eigenvalue weighted by molar-refractivity contribution is 0.547. The summed E-state index contributed by atoms with van der Waals surface area (Å²) in [6.07, 6.45) is 6.58. The number of thioether (sulfide) groups is 1. The van der Waals surface area contributed by atoms with E-state index in [0.29, 0.717) is 6.04 Å². The van der Waals surface area contributed by atoms with Crippen LogP contribution in [0.25, 0.3) is 0 Å². The molecule has 0 saturated heterocycles. The molecule has 0 aromatic heterocycles. The highest BCUT2D eigenvalue weighted by atomic mass is 32.2. The minimum Gasteiger partial charge on any atom is -0.312 e. The summed E-state index contributed by atoms with van der Waals surface area (Å²) in [6, 6.07) is 9.51. The first-order chi connectivity index (χ1) is 8.86. The third-order valence-corrected chi connectivity index (χ3v) is 5.30. The maximum absolute atomic E-state index is 3.56. The van der Waals surface area contributed by atoms with E-state index in [4.69, 9.17) is 0 Å². The first kappa shape index (κ1) is 14.0. The Morgan fingerprint density at radius 1 is 1.33 bits per heavy atom. The zero-order valence-electron chi connectivity index (χ0n) is 11.6. The third-order valence-electron chi connectivity index (χ3n) is 3.84. The van der Waals surface area contributed by atoms with Crippen LogP contribution in [0, 0.1) is 0 Å². The van der Waals surface area contributed by atoms with Gasteiger partial charge < -0.3 is 5.32 Å². The minimum atomic E-state index is 0.533. The van der Waals surface area contributed by atoms with Crippen LogP contribution >= 0.6 is 11.8 Å². The predicted octanol–water partition coefficient (Wildman–Crippen LogP) is 4.19. The summed E-state index contributed by atoms with van der Waals surface area (Å²) in [4.78, 5) is 0. The molecule has 2 rings (SSSR count). The Hall–Kier alpha value is -0.470. The van der Waals surface area contributed by atoms with Crippen LogP contribution in [-0.4, -0.2) is 18.1 Å². The van der Waals surface area contributed by atoms with E-state index in [-0.39, 0.29) is 0 Å². The van der Waals surface area contributed by atoms with Crippen molar-refractivity contribution in [3.63, 3.8) is 0 Å². The van der Waals surface area contributed by atoms with Gasteiger partial charge in [0.05, 0.1) is 0 Å². The topological polar surface area (TPSA) is 12.0 Å². The van der Waals surface area contributed by atoms with E-state index >= 15 is 0 Å². The van der Waals surface area contributed by atoms with Crippen molar-refractivity contribution < 1.29 is 0 Å². The normalized spacial score (nSPS) is 23.4. The molecule has 0 bridgehead atoms. The van der Waals surface area contributed by atoms with E-state index in [2.05, 4.69) is 55.3 Å². The van der Waals surface area contributed by atoms with Gasteiger partial charge in [0.25, 0.3) is 0 Å². The largest absolute Gasteiger partial charge is 0.312 e. The van der Waals surface area contributed by atoms with E-state index in [1.807, 2.05) is 0 Å². The molecule has 0 radical (unpaired) electrons. The zero-order chi connectivity index (χ0) is 12.8. The second kappa shape index (κ2) is 7.20. The van der Waals surface area contributed by atoms with Crippen LogP contribution in [0.4, 0.5) is 0 Å². The Bertz CT molecular complexity index is 364. The fraction of sp³-hybridized carbons (Fsp3) is 0.625. The SMILES string of the molecule is CCCCSC1CCCc2ccccc2C1NC. The molecule has 18 heavy (non-hydrogen) atoms. The number of rotatable bonds is 5. The van der Waals surface area contributed by atoms with E-state index in [1.54, 1.807) is 5.56 Å². The lowest BCUT2D eigenvalue weighted by Crippen LogP contribution is -2.27. The average molecular weight is 263 g/mol. The Labute approximate surface area is 116 Å². The van der Waals surface area contributed by atoms with Crippen LogP contribution in [-0.2, 0) is 6.42 Å². The lowest BCUT2D eigenvalue weighted by atomic mass is 9.99. The fourth-order valence-electron chi connectivity index (χ4n) is 2.83. The summed E-state index contributed by atoms with van der Waals surface area (Å²) in [7, 11) is 2.11. The summed E-state index contributed by atoms with van der Waals surface area (Å²) in [5.41, 5.74) is 3.09. The van der Waals surface area contributed by atoms with Crippen LogP contribution < -0.4 is 5.32 Å². The van der Waals surface area contributed by atoms with Crippen LogP contribution in [0.15, 0.2) is 24.3 Å². The molecule has 1 aromatic rings. The molecule has 0 amide bonds. The van der Waals surface area contributed by atoms with E-state index in [1.165, 1.54) is 43.4 Å². The number of hydrogen-bond acceptors (Lipinski definition) is 2. The van der Waals surface area contributed by atoms with Gasteiger partial charge in [-0.25, -0.2) is 0 Å². The number of nitrogens with one attached hydrogen (secondary N) is 1. The number of unbranched alkanes of at least 4 members (excludes halogenated alkanes) is 1. The molecule has 1 aromatic carbocycles. The van der Waals surface area contributed by atoms with Crippen LogP contribution in [0.5, 0.6) is 0 Å². The van der Waals surface area contributed by atoms with Gasteiger partial charge in [0.1, 0.15) is 0 Å². The van der Waals surface area contributed by atoms with Gasteiger partial charge in [0, 0.05) is 11.3 Å². The van der Waals surface area contributed by atoms with E-state index in [0.717, 1.165) is 5.25 Å². The molecular weight excluding hydrogens is 238 g/mol. The zero-order valence-corrected chi connectivity index (χ0v) is 12.4. The first-order valence-electron chi connectivity index (χ1n) is 7.23. The standard InChI is InChI=1S/C16H25NS/c1-3-4-12-18-15-11-7-9-13-8-5-6-10-14(13)16(15)17-2/h5-6,8,10,15-17H,3-4,7,9,11-12H2,1-2H3. The average Bonchev–Trinajstić information content (AvgIpc) is 2.58. The van der Waals surface area contributed by atoms with Crippen molar-refractivity contribution in [3.05, 3.63) is 35.4 Å². The molecule has 1 nitrogen and oxygen atoms in total. The van der Waals surface area contributed by atoms with Gasteiger partial charge in [-0.05, 0) is 49.6 Å². The highest BCUT2D eigenvalue weighted by molar-refractivity contribution is 7.99. The van der Waals surface area contributed by atoms with Crippen molar-refractivity contribution in [3.8, 4) is 0 Å². The Morgan fingerprint density at radius 2 is 2.17 bits per heavy atom.